The van der Waals surface area contributed by atoms with Crippen LogP contribution in [0.15, 0.2) is 33.6 Å². The summed E-state index contributed by atoms with van der Waals surface area (Å²) in [4.78, 5) is 67.3. The normalized spacial score (nSPS) is 22.3. The molecule has 276 valence electrons. The van der Waals surface area contributed by atoms with E-state index in [2.05, 4.69) is 25.8 Å². The van der Waals surface area contributed by atoms with Gasteiger partial charge in [-0.15, -0.1) is 11.3 Å². The lowest BCUT2D eigenvalue weighted by Crippen LogP contribution is -2.57. The summed E-state index contributed by atoms with van der Waals surface area (Å²) in [5.41, 5.74) is 2.30. The minimum atomic E-state index is -1.00. The van der Waals surface area contributed by atoms with Gasteiger partial charge in [-0.2, -0.15) is 4.98 Å². The van der Waals surface area contributed by atoms with E-state index in [1.165, 1.54) is 39.3 Å². The summed E-state index contributed by atoms with van der Waals surface area (Å²) in [5.74, 6) is -2.10. The van der Waals surface area contributed by atoms with Crippen LogP contribution in [0.2, 0.25) is 0 Å². The van der Waals surface area contributed by atoms with Gasteiger partial charge in [-0.25, -0.2) is 9.37 Å². The number of aryl methyl sites for hydroxylation is 1. The highest BCUT2D eigenvalue weighted by molar-refractivity contribution is 7.07. The molecule has 15 heteroatoms. The van der Waals surface area contributed by atoms with Crippen LogP contribution in [0, 0.1) is 11.7 Å². The molecule has 2 aromatic heterocycles. The van der Waals surface area contributed by atoms with Crippen molar-refractivity contribution in [1.82, 2.24) is 35.6 Å². The Labute approximate surface area is 301 Å². The third-order valence-electron chi connectivity index (χ3n) is 9.32. The van der Waals surface area contributed by atoms with Gasteiger partial charge in [0.1, 0.15) is 18.1 Å². The molecule has 1 aromatic carbocycles. The van der Waals surface area contributed by atoms with Crippen molar-refractivity contribution in [3.8, 4) is 5.75 Å². The molecule has 3 aromatic rings. The Morgan fingerprint density at radius 1 is 1.04 bits per heavy atom. The molecule has 2 N–H and O–H groups in total. The molecule has 0 unspecified atom stereocenters. The SMILES string of the molecule is CC(C)C[C@H]1NC(=O)c2cccc(F)c2OCc2noc(n2)CCCCCCCCNC(=O)[C@H](Cc2cscn2)N(C)C(=O)[C@H]2CCCN2C1=O. The Balaban J connectivity index is 1.40. The van der Waals surface area contributed by atoms with E-state index in [1.807, 2.05) is 19.2 Å². The number of rotatable bonds is 4. The number of fused-ring (bicyclic) bond motifs is 4. The van der Waals surface area contributed by atoms with Crippen molar-refractivity contribution in [2.75, 3.05) is 20.1 Å². The smallest absolute Gasteiger partial charge is 0.255 e. The first-order chi connectivity index (χ1) is 24.6. The lowest BCUT2D eigenvalue weighted by Gasteiger charge is -2.34. The molecule has 1 fully saturated rings. The lowest BCUT2D eigenvalue weighted by molar-refractivity contribution is -0.147. The molecule has 51 heavy (non-hydrogen) atoms. The zero-order valence-electron chi connectivity index (χ0n) is 29.6. The minimum absolute atomic E-state index is 0.000805. The number of nitrogens with zero attached hydrogens (tertiary/aromatic N) is 5. The molecule has 2 bridgehead atoms. The molecule has 0 spiro atoms. The van der Waals surface area contributed by atoms with E-state index in [9.17, 15) is 19.2 Å². The average Bonchev–Trinajstić information content (AvgIpc) is 3.90. The fourth-order valence-electron chi connectivity index (χ4n) is 6.61. The highest BCUT2D eigenvalue weighted by Crippen LogP contribution is 2.26. The highest BCUT2D eigenvalue weighted by atomic mass is 32.1. The number of para-hydroxylation sites is 1. The number of hydrogen-bond acceptors (Lipinski definition) is 10. The topological polar surface area (TPSA) is 160 Å². The largest absolute Gasteiger partial charge is 0.482 e. The van der Waals surface area contributed by atoms with E-state index in [4.69, 9.17) is 9.26 Å². The molecule has 3 atom stereocenters. The third kappa shape index (κ3) is 10.1. The zero-order chi connectivity index (χ0) is 36.3. The van der Waals surface area contributed by atoms with E-state index in [1.54, 1.807) is 12.6 Å². The molecule has 4 amide bonds. The monoisotopic (exact) mass is 725 g/mol. The molecule has 4 heterocycles. The number of nitrogens with one attached hydrogen (secondary N) is 2. The first-order valence-corrected chi connectivity index (χ1v) is 18.8. The molecule has 0 saturated carbocycles. The Hall–Kier alpha value is -4.40. The van der Waals surface area contributed by atoms with Crippen LogP contribution < -0.4 is 15.4 Å². The quantitative estimate of drug-likeness (QED) is 0.396. The molecule has 0 radical (unpaired) electrons. The van der Waals surface area contributed by atoms with Gasteiger partial charge in [0.15, 0.2) is 18.2 Å². The molecule has 2 aliphatic heterocycles. The zero-order valence-corrected chi connectivity index (χ0v) is 30.4. The summed E-state index contributed by atoms with van der Waals surface area (Å²) in [6, 6.07) is 1.36. The van der Waals surface area contributed by atoms with Crippen LogP contribution in [0.1, 0.15) is 99.4 Å². The van der Waals surface area contributed by atoms with Crippen LogP contribution in [-0.4, -0.2) is 86.8 Å². The summed E-state index contributed by atoms with van der Waals surface area (Å²) >= 11 is 1.42. The van der Waals surface area contributed by atoms with Gasteiger partial charge in [-0.05, 0) is 50.2 Å². The van der Waals surface area contributed by atoms with Crippen LogP contribution in [0.25, 0.3) is 0 Å². The first-order valence-electron chi connectivity index (χ1n) is 17.9. The van der Waals surface area contributed by atoms with Crippen molar-refractivity contribution in [2.24, 2.45) is 5.92 Å². The van der Waals surface area contributed by atoms with Crippen molar-refractivity contribution in [3.05, 3.63) is 57.9 Å². The molecule has 1 saturated heterocycles. The second-order valence-corrected chi connectivity index (χ2v) is 14.4. The van der Waals surface area contributed by atoms with E-state index >= 15 is 4.39 Å². The Morgan fingerprint density at radius 3 is 2.59 bits per heavy atom. The summed E-state index contributed by atoms with van der Waals surface area (Å²) in [6.07, 6.45) is 7.69. The number of halogens is 1. The Kier molecular flexibility index (Phi) is 13.5. The average molecular weight is 726 g/mol. The number of aromatic nitrogens is 3. The van der Waals surface area contributed by atoms with Crippen molar-refractivity contribution < 1.29 is 32.8 Å². The van der Waals surface area contributed by atoms with Gasteiger partial charge >= 0.3 is 0 Å². The van der Waals surface area contributed by atoms with E-state index in [0.717, 1.165) is 38.5 Å². The number of ether oxygens (including phenoxy) is 1. The molecular formula is C36H48FN7O6S. The van der Waals surface area contributed by atoms with Crippen LogP contribution in [0.5, 0.6) is 5.75 Å². The van der Waals surface area contributed by atoms with Crippen LogP contribution in [0.3, 0.4) is 0 Å². The van der Waals surface area contributed by atoms with Crippen LogP contribution in [-0.2, 0) is 33.8 Å². The summed E-state index contributed by atoms with van der Waals surface area (Å²) < 4.78 is 26.2. The summed E-state index contributed by atoms with van der Waals surface area (Å²) in [6.45, 7) is 4.43. The van der Waals surface area contributed by atoms with Crippen molar-refractivity contribution in [3.63, 3.8) is 0 Å². The number of benzene rings is 1. The predicted octanol–water partition coefficient (Wildman–Crippen LogP) is 4.46. The standard InChI is InChI=1S/C36H48FN7O6S/c1-23(2)18-27-35(47)44-17-11-14-28(44)36(48)43(3)29(19-24-21-51-22-39-24)34(46)38-16-9-7-5-4-6-8-15-31-41-30(42-50-31)20-49-32-25(33(45)40-27)12-10-13-26(32)37/h10,12-13,21-23,27-29H,4-9,11,14-20H2,1-3H3,(H,38,46)(H,40,45)/t27-,28-,29+/m1/s1. The molecule has 0 aliphatic carbocycles. The lowest BCUT2D eigenvalue weighted by atomic mass is 10.0. The predicted molar refractivity (Wildman–Crippen MR) is 187 cm³/mol. The van der Waals surface area contributed by atoms with Gasteiger partial charge < -0.3 is 29.7 Å². The maximum Gasteiger partial charge on any atom is 0.255 e. The number of thiazole rings is 1. The van der Waals surface area contributed by atoms with Gasteiger partial charge in [-0.1, -0.05) is 50.8 Å². The van der Waals surface area contributed by atoms with E-state index < -0.39 is 35.8 Å². The number of hydrogen-bond donors (Lipinski definition) is 2. The Morgan fingerprint density at radius 2 is 1.82 bits per heavy atom. The number of carbonyl (C=O) groups is 4. The maximum absolute atomic E-state index is 15.1. The van der Waals surface area contributed by atoms with Gasteiger partial charge in [-0.3, -0.25) is 19.2 Å². The van der Waals surface area contributed by atoms with Crippen molar-refractivity contribution in [2.45, 2.75) is 109 Å². The molecule has 5 rings (SSSR count). The number of likely N-dealkylation sites (N-methyl/N-ethyl adjacent to an activating group) is 1. The van der Waals surface area contributed by atoms with E-state index in [-0.39, 0.29) is 54.3 Å². The van der Waals surface area contributed by atoms with Crippen molar-refractivity contribution in [1.29, 1.82) is 0 Å². The van der Waals surface area contributed by atoms with Crippen LogP contribution >= 0.6 is 11.3 Å². The second-order valence-electron chi connectivity index (χ2n) is 13.7. The van der Waals surface area contributed by atoms with Gasteiger partial charge in [0, 0.05) is 38.4 Å². The van der Waals surface area contributed by atoms with Crippen molar-refractivity contribution >= 4 is 35.0 Å². The van der Waals surface area contributed by atoms with E-state index in [0.29, 0.717) is 43.9 Å². The van der Waals surface area contributed by atoms with Gasteiger partial charge in [0.05, 0.1) is 16.8 Å². The summed E-state index contributed by atoms with van der Waals surface area (Å²) in [7, 11) is 1.60. The highest BCUT2D eigenvalue weighted by Gasteiger charge is 2.41. The molecular weight excluding hydrogens is 678 g/mol. The van der Waals surface area contributed by atoms with Crippen LogP contribution in [0.4, 0.5) is 4.39 Å². The first kappa shape index (κ1) is 37.8. The van der Waals surface area contributed by atoms with Gasteiger partial charge in [0.2, 0.25) is 29.4 Å². The molecule has 2 aliphatic rings. The third-order valence-corrected chi connectivity index (χ3v) is 9.95. The van der Waals surface area contributed by atoms with Gasteiger partial charge in [0.25, 0.3) is 5.91 Å². The molecule has 13 nitrogen and oxygen atoms in total. The maximum atomic E-state index is 15.1. The second kappa shape index (κ2) is 18.2. The summed E-state index contributed by atoms with van der Waals surface area (Å²) in [5, 5.41) is 11.6. The minimum Gasteiger partial charge on any atom is -0.482 e. The fourth-order valence-corrected chi connectivity index (χ4v) is 7.18. The number of carbonyl (C=O) groups excluding carboxylic acids is 4. The Bertz CT molecular complexity index is 1630. The number of amides is 4. The fraction of sp³-hybridized carbons (Fsp3) is 0.583.